The number of carbonyl (C=O) groups excluding carboxylic acids is 2. The maximum atomic E-state index is 9.85. The highest BCUT2D eigenvalue weighted by Crippen LogP contribution is 1.68. The second-order valence-corrected chi connectivity index (χ2v) is 1.24. The van der Waals surface area contributed by atoms with Crippen LogP contribution in [0.15, 0.2) is 0 Å². The van der Waals surface area contributed by atoms with Crippen molar-refractivity contribution in [2.24, 2.45) is 5.73 Å². The van der Waals surface area contributed by atoms with Gasteiger partial charge < -0.3 is 15.8 Å². The molecule has 0 aliphatic carbocycles. The summed E-state index contributed by atoms with van der Waals surface area (Å²) < 4.78 is 4.26. The first kappa shape index (κ1) is 7.74. The Morgan fingerprint density at radius 3 is 2.89 bits per heavy atom. The highest BCUT2D eigenvalue weighted by molar-refractivity contribution is 5.64. The van der Waals surface area contributed by atoms with Crippen LogP contribution >= 0.6 is 0 Å². The van der Waals surface area contributed by atoms with Crippen LogP contribution < -0.4 is 11.1 Å². The van der Waals surface area contributed by atoms with Crippen LogP contribution in [0.2, 0.25) is 0 Å². The van der Waals surface area contributed by atoms with Crippen LogP contribution in [0.1, 0.15) is 0 Å². The van der Waals surface area contributed by atoms with Gasteiger partial charge in [0.25, 0.3) is 0 Å². The van der Waals surface area contributed by atoms with Gasteiger partial charge in [-0.3, -0.25) is 4.79 Å². The Hall–Kier alpha value is -1.26. The number of hydrogen-bond acceptors (Lipinski definition) is 3. The summed E-state index contributed by atoms with van der Waals surface area (Å²) in [6.07, 6.45) is -0.313. The predicted octanol–water partition coefficient (Wildman–Crippen LogP) is -1.17. The zero-order valence-electron chi connectivity index (χ0n) is 4.79. The highest BCUT2D eigenvalue weighted by Gasteiger charge is 1.89. The van der Waals surface area contributed by atoms with E-state index >= 15 is 0 Å². The summed E-state index contributed by atoms with van der Waals surface area (Å²) in [6.45, 7) is 0.417. The van der Waals surface area contributed by atoms with Gasteiger partial charge in [0.15, 0.2) is 0 Å². The summed E-state index contributed by atoms with van der Waals surface area (Å²) >= 11 is 0. The van der Waals surface area contributed by atoms with Crippen molar-refractivity contribution in [1.82, 2.24) is 5.32 Å². The lowest BCUT2D eigenvalue weighted by molar-refractivity contribution is -0.109. The van der Waals surface area contributed by atoms with Gasteiger partial charge in [0.1, 0.15) is 6.61 Å². The summed E-state index contributed by atoms with van der Waals surface area (Å²) in [4.78, 5) is 19.4. The van der Waals surface area contributed by atoms with Gasteiger partial charge in [-0.1, -0.05) is 0 Å². The molecular formula is C4H8N2O3. The van der Waals surface area contributed by atoms with Gasteiger partial charge in [0.2, 0.25) is 6.41 Å². The maximum absolute atomic E-state index is 9.85. The molecule has 0 unspecified atom stereocenters. The molecule has 0 saturated heterocycles. The summed E-state index contributed by atoms with van der Waals surface area (Å²) in [5.74, 6) is 0. The molecule has 9 heavy (non-hydrogen) atoms. The Balaban J connectivity index is 2.91. The maximum Gasteiger partial charge on any atom is 0.404 e. The molecule has 0 aliphatic rings. The van der Waals surface area contributed by atoms with E-state index in [1.54, 1.807) is 0 Å². The normalized spacial score (nSPS) is 8.00. The van der Waals surface area contributed by atoms with Gasteiger partial charge >= 0.3 is 6.09 Å². The van der Waals surface area contributed by atoms with E-state index in [9.17, 15) is 9.59 Å². The van der Waals surface area contributed by atoms with Crippen LogP contribution in [-0.4, -0.2) is 25.7 Å². The molecule has 5 heteroatoms. The third-order valence-corrected chi connectivity index (χ3v) is 0.574. The molecule has 0 spiro atoms. The largest absolute Gasteiger partial charge is 0.448 e. The van der Waals surface area contributed by atoms with Crippen molar-refractivity contribution in [2.45, 2.75) is 0 Å². The molecule has 0 aromatic carbocycles. The minimum atomic E-state index is -0.831. The van der Waals surface area contributed by atoms with Gasteiger partial charge in [0.05, 0.1) is 6.54 Å². The summed E-state index contributed by atoms with van der Waals surface area (Å²) in [7, 11) is 0. The zero-order valence-corrected chi connectivity index (χ0v) is 4.79. The lowest BCUT2D eigenvalue weighted by atomic mass is 10.7. The fourth-order valence-electron chi connectivity index (χ4n) is 0.269. The number of nitrogens with two attached hydrogens (primary N) is 1. The lowest BCUT2D eigenvalue weighted by Gasteiger charge is -1.97. The van der Waals surface area contributed by atoms with Crippen LogP contribution in [0.25, 0.3) is 0 Å². The smallest absolute Gasteiger partial charge is 0.404 e. The van der Waals surface area contributed by atoms with E-state index in [1.165, 1.54) is 0 Å². The highest BCUT2D eigenvalue weighted by atomic mass is 16.5. The quantitative estimate of drug-likeness (QED) is 0.373. The molecule has 0 heterocycles. The average Bonchev–Trinajstić information content (AvgIpc) is 1.80. The Bertz CT molecular complexity index is 104. The molecule has 0 fully saturated rings. The van der Waals surface area contributed by atoms with Crippen molar-refractivity contribution in [3.8, 4) is 0 Å². The monoisotopic (exact) mass is 132 g/mol. The van der Waals surface area contributed by atoms with Crippen LogP contribution in [-0.2, 0) is 9.53 Å². The minimum absolute atomic E-state index is 0.119. The summed E-state index contributed by atoms with van der Waals surface area (Å²) in [5.41, 5.74) is 4.60. The SMILES string of the molecule is NC(=O)OCCNC=O. The Morgan fingerprint density at radius 1 is 1.78 bits per heavy atom. The summed E-state index contributed by atoms with van der Waals surface area (Å²) in [6, 6.07) is 0. The van der Waals surface area contributed by atoms with Crippen LogP contribution in [0.3, 0.4) is 0 Å². The molecule has 0 aliphatic heterocycles. The molecule has 0 bridgehead atoms. The van der Waals surface area contributed by atoms with E-state index < -0.39 is 6.09 Å². The van der Waals surface area contributed by atoms with E-state index in [-0.39, 0.29) is 6.61 Å². The number of nitrogens with one attached hydrogen (secondary N) is 1. The average molecular weight is 132 g/mol. The standard InChI is InChI=1S/C4H8N2O3/c5-4(8)9-2-1-6-3-7/h3H,1-2H2,(H2,5,8)(H,6,7). The Labute approximate surface area is 52.2 Å². The van der Waals surface area contributed by atoms with Crippen molar-refractivity contribution < 1.29 is 14.3 Å². The second kappa shape index (κ2) is 4.89. The van der Waals surface area contributed by atoms with Crippen LogP contribution in [0.5, 0.6) is 0 Å². The molecular weight excluding hydrogens is 124 g/mol. The van der Waals surface area contributed by atoms with Crippen molar-refractivity contribution in [2.75, 3.05) is 13.2 Å². The number of rotatable bonds is 4. The van der Waals surface area contributed by atoms with E-state index in [4.69, 9.17) is 0 Å². The van der Waals surface area contributed by atoms with E-state index in [2.05, 4.69) is 15.8 Å². The Kier molecular flexibility index (Phi) is 4.20. The lowest BCUT2D eigenvalue weighted by Crippen LogP contribution is -2.22. The third-order valence-electron chi connectivity index (χ3n) is 0.574. The van der Waals surface area contributed by atoms with E-state index in [1.807, 2.05) is 0 Å². The zero-order chi connectivity index (χ0) is 7.11. The molecule has 0 atom stereocenters. The van der Waals surface area contributed by atoms with E-state index in [0.29, 0.717) is 13.0 Å². The number of amides is 2. The molecule has 3 N–H and O–H groups in total. The molecule has 52 valence electrons. The molecule has 2 amide bonds. The number of ether oxygens (including phenoxy) is 1. The van der Waals surface area contributed by atoms with Crippen molar-refractivity contribution in [3.63, 3.8) is 0 Å². The molecule has 5 nitrogen and oxygen atoms in total. The first-order valence-corrected chi connectivity index (χ1v) is 2.36. The first-order chi connectivity index (χ1) is 4.27. The minimum Gasteiger partial charge on any atom is -0.448 e. The van der Waals surface area contributed by atoms with Crippen LogP contribution in [0, 0.1) is 0 Å². The first-order valence-electron chi connectivity index (χ1n) is 2.36. The molecule has 0 aromatic heterocycles. The van der Waals surface area contributed by atoms with Gasteiger partial charge in [-0.2, -0.15) is 0 Å². The van der Waals surface area contributed by atoms with Crippen molar-refractivity contribution in [1.29, 1.82) is 0 Å². The fraction of sp³-hybridized carbons (Fsp3) is 0.500. The van der Waals surface area contributed by atoms with Gasteiger partial charge in [-0.05, 0) is 0 Å². The molecule has 0 rings (SSSR count). The van der Waals surface area contributed by atoms with Gasteiger partial charge in [0, 0.05) is 0 Å². The topological polar surface area (TPSA) is 81.4 Å². The Morgan fingerprint density at radius 2 is 2.44 bits per heavy atom. The van der Waals surface area contributed by atoms with Gasteiger partial charge in [-0.25, -0.2) is 4.79 Å². The summed E-state index contributed by atoms with van der Waals surface area (Å²) in [5, 5.41) is 2.29. The number of primary amides is 1. The predicted molar refractivity (Wildman–Crippen MR) is 29.6 cm³/mol. The second-order valence-electron chi connectivity index (χ2n) is 1.24. The van der Waals surface area contributed by atoms with E-state index in [0.717, 1.165) is 0 Å². The molecule has 0 radical (unpaired) electrons. The fourth-order valence-corrected chi connectivity index (χ4v) is 0.269. The van der Waals surface area contributed by atoms with Crippen LogP contribution in [0.4, 0.5) is 4.79 Å². The number of carbonyl (C=O) groups is 2. The molecule has 0 saturated carbocycles. The third kappa shape index (κ3) is 6.74. The number of hydrogen-bond donors (Lipinski definition) is 2. The van der Waals surface area contributed by atoms with Crippen molar-refractivity contribution >= 4 is 12.5 Å². The van der Waals surface area contributed by atoms with Gasteiger partial charge in [-0.15, -0.1) is 0 Å². The molecule has 0 aromatic rings. The van der Waals surface area contributed by atoms with Crippen molar-refractivity contribution in [3.05, 3.63) is 0 Å².